The number of nitrogens with zero attached hydrogens (tertiary/aromatic N) is 1. The Bertz CT molecular complexity index is 294. The predicted molar refractivity (Wildman–Crippen MR) is 71.4 cm³/mol. The fraction of sp³-hybridized carbons (Fsp3) is 0.929. The molecule has 1 N–H and O–H groups in total. The zero-order valence-corrected chi connectivity index (χ0v) is 11.9. The van der Waals surface area contributed by atoms with E-state index in [0.717, 1.165) is 32.4 Å². The lowest BCUT2D eigenvalue weighted by atomic mass is 9.60. The van der Waals surface area contributed by atoms with E-state index in [-0.39, 0.29) is 17.4 Å². The van der Waals surface area contributed by atoms with Gasteiger partial charge in [-0.15, -0.1) is 0 Å². The van der Waals surface area contributed by atoms with Crippen LogP contribution in [0.1, 0.15) is 32.1 Å². The van der Waals surface area contributed by atoms with E-state index in [1.165, 1.54) is 20.0 Å². The molecule has 1 atom stereocenters. The van der Waals surface area contributed by atoms with Crippen LogP contribution in [-0.4, -0.2) is 51.2 Å². The van der Waals surface area contributed by atoms with Crippen LogP contribution in [0.3, 0.4) is 0 Å². The van der Waals surface area contributed by atoms with Crippen LogP contribution in [0.25, 0.3) is 0 Å². The van der Waals surface area contributed by atoms with Crippen molar-refractivity contribution in [3.05, 3.63) is 0 Å². The van der Waals surface area contributed by atoms with E-state index in [2.05, 4.69) is 17.3 Å². The van der Waals surface area contributed by atoms with E-state index in [9.17, 15) is 4.79 Å². The van der Waals surface area contributed by atoms with Crippen LogP contribution < -0.4 is 5.32 Å². The Balaban J connectivity index is 2.09. The number of esters is 1. The van der Waals surface area contributed by atoms with Crippen LogP contribution in [0.5, 0.6) is 0 Å². The van der Waals surface area contributed by atoms with E-state index in [1.807, 2.05) is 7.05 Å². The Morgan fingerprint density at radius 2 is 2.00 bits per heavy atom. The van der Waals surface area contributed by atoms with Gasteiger partial charge in [0.2, 0.25) is 0 Å². The summed E-state index contributed by atoms with van der Waals surface area (Å²) in [5, 5.41) is 3.43. The number of carbonyl (C=O) groups excluding carboxylic acids is 1. The molecule has 2 rings (SSSR count). The van der Waals surface area contributed by atoms with E-state index in [1.54, 1.807) is 0 Å². The Hall–Kier alpha value is -0.610. The summed E-state index contributed by atoms with van der Waals surface area (Å²) in [5.74, 6) is 0.595. The van der Waals surface area contributed by atoms with Crippen LogP contribution in [0, 0.1) is 11.3 Å². The highest BCUT2D eigenvalue weighted by Gasteiger charge is 2.53. The van der Waals surface area contributed by atoms with Crippen LogP contribution in [0.15, 0.2) is 0 Å². The van der Waals surface area contributed by atoms with Gasteiger partial charge < -0.3 is 15.0 Å². The molecule has 0 radical (unpaired) electrons. The standard InChI is InChI=1S/C14H26N2O2/c1-15-12(11-5-9-16(2)10-6-11)14(7-4-8-14)13(17)18-3/h11-12,15H,4-10H2,1-3H3. The summed E-state index contributed by atoms with van der Waals surface area (Å²) in [7, 11) is 5.68. The summed E-state index contributed by atoms with van der Waals surface area (Å²) < 4.78 is 5.06. The quantitative estimate of drug-likeness (QED) is 0.767. The van der Waals surface area contributed by atoms with Gasteiger partial charge in [0.15, 0.2) is 0 Å². The Morgan fingerprint density at radius 3 is 2.39 bits per heavy atom. The second-order valence-electron chi connectivity index (χ2n) is 5.91. The Labute approximate surface area is 110 Å². The highest BCUT2D eigenvalue weighted by atomic mass is 16.5. The summed E-state index contributed by atoms with van der Waals surface area (Å²) in [4.78, 5) is 14.5. The van der Waals surface area contributed by atoms with Crippen LogP contribution in [-0.2, 0) is 9.53 Å². The monoisotopic (exact) mass is 254 g/mol. The molecule has 2 fully saturated rings. The summed E-state index contributed by atoms with van der Waals surface area (Å²) >= 11 is 0. The number of hydrogen-bond donors (Lipinski definition) is 1. The lowest BCUT2D eigenvalue weighted by Gasteiger charge is -2.49. The smallest absolute Gasteiger partial charge is 0.313 e. The number of ether oxygens (including phenoxy) is 1. The van der Waals surface area contributed by atoms with Crippen molar-refractivity contribution in [3.8, 4) is 0 Å². The number of likely N-dealkylation sites (tertiary alicyclic amines) is 1. The first-order chi connectivity index (χ1) is 8.64. The van der Waals surface area contributed by atoms with Crippen molar-refractivity contribution in [1.29, 1.82) is 0 Å². The molecular weight excluding hydrogens is 228 g/mol. The lowest BCUT2D eigenvalue weighted by Crippen LogP contribution is -2.58. The molecule has 18 heavy (non-hydrogen) atoms. The first kappa shape index (κ1) is 13.8. The van der Waals surface area contributed by atoms with Crippen molar-refractivity contribution < 1.29 is 9.53 Å². The molecule has 1 heterocycles. The van der Waals surface area contributed by atoms with Gasteiger partial charge in [0, 0.05) is 6.04 Å². The third kappa shape index (κ3) is 2.28. The van der Waals surface area contributed by atoms with Crippen molar-refractivity contribution >= 4 is 5.97 Å². The highest BCUT2D eigenvalue weighted by molar-refractivity contribution is 5.78. The van der Waals surface area contributed by atoms with E-state index >= 15 is 0 Å². The zero-order chi connectivity index (χ0) is 13.2. The topological polar surface area (TPSA) is 41.6 Å². The van der Waals surface area contributed by atoms with E-state index in [4.69, 9.17) is 4.74 Å². The van der Waals surface area contributed by atoms with Gasteiger partial charge in [-0.1, -0.05) is 6.42 Å². The van der Waals surface area contributed by atoms with E-state index < -0.39 is 0 Å². The van der Waals surface area contributed by atoms with Crippen molar-refractivity contribution in [3.63, 3.8) is 0 Å². The van der Waals surface area contributed by atoms with Crippen molar-refractivity contribution in [2.45, 2.75) is 38.1 Å². The van der Waals surface area contributed by atoms with Crippen molar-refractivity contribution in [2.24, 2.45) is 11.3 Å². The third-order valence-corrected chi connectivity index (χ3v) is 4.98. The number of rotatable bonds is 4. The fourth-order valence-corrected chi connectivity index (χ4v) is 3.73. The second kappa shape index (κ2) is 5.57. The van der Waals surface area contributed by atoms with Gasteiger partial charge in [0.05, 0.1) is 12.5 Å². The first-order valence-corrected chi connectivity index (χ1v) is 7.08. The number of nitrogens with one attached hydrogen (secondary N) is 1. The molecule has 1 aliphatic carbocycles. The number of hydrogen-bond acceptors (Lipinski definition) is 4. The second-order valence-corrected chi connectivity index (χ2v) is 5.91. The Kier molecular flexibility index (Phi) is 4.28. The molecule has 1 saturated heterocycles. The zero-order valence-electron chi connectivity index (χ0n) is 11.9. The number of carbonyl (C=O) groups is 1. The molecule has 1 saturated carbocycles. The molecule has 0 amide bonds. The maximum Gasteiger partial charge on any atom is 0.313 e. The third-order valence-electron chi connectivity index (χ3n) is 4.98. The SMILES string of the molecule is CNC(C1CCN(C)CC1)C1(C(=O)OC)CCC1. The molecular formula is C14H26N2O2. The van der Waals surface area contributed by atoms with Gasteiger partial charge in [0.1, 0.15) is 0 Å². The maximum absolute atomic E-state index is 12.2. The first-order valence-electron chi connectivity index (χ1n) is 7.08. The maximum atomic E-state index is 12.2. The van der Waals surface area contributed by atoms with Crippen molar-refractivity contribution in [1.82, 2.24) is 10.2 Å². The lowest BCUT2D eigenvalue weighted by molar-refractivity contribution is -0.163. The van der Waals surface area contributed by atoms with Gasteiger partial charge in [-0.25, -0.2) is 0 Å². The minimum Gasteiger partial charge on any atom is -0.469 e. The molecule has 0 bridgehead atoms. The highest BCUT2D eigenvalue weighted by Crippen LogP contribution is 2.48. The van der Waals surface area contributed by atoms with Gasteiger partial charge in [-0.05, 0) is 58.8 Å². The molecule has 1 unspecified atom stereocenters. The molecule has 4 heteroatoms. The summed E-state index contributed by atoms with van der Waals surface area (Å²) in [6, 6.07) is 0.285. The molecule has 2 aliphatic rings. The molecule has 0 spiro atoms. The molecule has 0 aromatic carbocycles. The minimum absolute atomic E-state index is 0.00738. The summed E-state index contributed by atoms with van der Waals surface area (Å²) in [6.07, 6.45) is 5.48. The molecule has 104 valence electrons. The summed E-state index contributed by atoms with van der Waals surface area (Å²) in [6.45, 7) is 2.28. The summed E-state index contributed by atoms with van der Waals surface area (Å²) in [5.41, 5.74) is -0.246. The number of piperidine rings is 1. The van der Waals surface area contributed by atoms with Crippen LogP contribution in [0.4, 0.5) is 0 Å². The van der Waals surface area contributed by atoms with Crippen LogP contribution >= 0.6 is 0 Å². The molecule has 0 aromatic rings. The predicted octanol–water partition coefficient (Wildman–Crippen LogP) is 1.26. The Morgan fingerprint density at radius 1 is 1.39 bits per heavy atom. The van der Waals surface area contributed by atoms with Crippen LogP contribution in [0.2, 0.25) is 0 Å². The molecule has 4 nitrogen and oxygen atoms in total. The average Bonchev–Trinajstić information content (AvgIpc) is 2.34. The average molecular weight is 254 g/mol. The molecule has 0 aromatic heterocycles. The molecule has 1 aliphatic heterocycles. The van der Waals surface area contributed by atoms with Gasteiger partial charge in [-0.2, -0.15) is 0 Å². The minimum atomic E-state index is -0.246. The number of methoxy groups -OCH3 is 1. The van der Waals surface area contributed by atoms with E-state index in [0.29, 0.717) is 5.92 Å². The van der Waals surface area contributed by atoms with Crippen molar-refractivity contribution in [2.75, 3.05) is 34.3 Å². The normalized spacial score (nSPS) is 26.4. The largest absolute Gasteiger partial charge is 0.469 e. The van der Waals surface area contributed by atoms with Gasteiger partial charge >= 0.3 is 5.97 Å². The fourth-order valence-electron chi connectivity index (χ4n) is 3.73. The van der Waals surface area contributed by atoms with Gasteiger partial charge in [0.25, 0.3) is 0 Å². The van der Waals surface area contributed by atoms with Gasteiger partial charge in [-0.3, -0.25) is 4.79 Å².